The molecule has 1 N–H and O–H groups in total. The molecule has 2 aromatic rings. The van der Waals surface area contributed by atoms with Gasteiger partial charge in [0.15, 0.2) is 0 Å². The van der Waals surface area contributed by atoms with Gasteiger partial charge in [0, 0.05) is 34.7 Å². The van der Waals surface area contributed by atoms with E-state index in [1.807, 2.05) is 12.1 Å². The molecule has 3 rings (SSSR count). The Hall–Kier alpha value is -1.77. The van der Waals surface area contributed by atoms with Gasteiger partial charge in [-0.15, -0.1) is 0 Å². The summed E-state index contributed by atoms with van der Waals surface area (Å²) >= 11 is 0. The minimum absolute atomic E-state index is 0.0584. The molecule has 1 unspecified atom stereocenters. The van der Waals surface area contributed by atoms with Crippen LogP contribution in [-0.2, 0) is 6.54 Å². The van der Waals surface area contributed by atoms with Crippen LogP contribution in [0.4, 0.5) is 0 Å². The molecule has 1 aliphatic carbocycles. The van der Waals surface area contributed by atoms with Gasteiger partial charge in [0.1, 0.15) is 0 Å². The number of amides is 1. The first-order chi connectivity index (χ1) is 11.2. The maximum Gasteiger partial charge on any atom is 0.252 e. The zero-order valence-electron chi connectivity index (χ0n) is 15.6. The lowest BCUT2D eigenvalue weighted by atomic mass is 9.88. The topological polar surface area (TPSA) is 34.0 Å². The smallest absolute Gasteiger partial charge is 0.252 e. The summed E-state index contributed by atoms with van der Waals surface area (Å²) in [6.07, 6.45) is 5.35. The molecule has 1 fully saturated rings. The normalized spacial score (nSPS) is 23.1. The van der Waals surface area contributed by atoms with Crippen molar-refractivity contribution in [2.45, 2.75) is 66.0 Å². The highest BCUT2D eigenvalue weighted by atomic mass is 16.1. The van der Waals surface area contributed by atoms with Gasteiger partial charge in [0.05, 0.1) is 0 Å². The number of carbonyl (C=O) groups excluding carboxylic acids is 1. The Morgan fingerprint density at radius 2 is 1.96 bits per heavy atom. The van der Waals surface area contributed by atoms with E-state index in [0.717, 1.165) is 35.9 Å². The lowest BCUT2D eigenvalue weighted by molar-refractivity contribution is 0.0905. The number of hydrogen-bond donors (Lipinski definition) is 1. The maximum absolute atomic E-state index is 12.9. The zero-order valence-corrected chi connectivity index (χ0v) is 15.6. The van der Waals surface area contributed by atoms with Crippen molar-refractivity contribution in [1.29, 1.82) is 0 Å². The summed E-state index contributed by atoms with van der Waals surface area (Å²) in [5, 5.41) is 4.37. The fourth-order valence-corrected chi connectivity index (χ4v) is 4.27. The summed E-state index contributed by atoms with van der Waals surface area (Å²) in [6, 6.07) is 8.12. The van der Waals surface area contributed by atoms with E-state index >= 15 is 0 Å². The predicted molar refractivity (Wildman–Crippen MR) is 100 cm³/mol. The van der Waals surface area contributed by atoms with Crippen LogP contribution < -0.4 is 5.32 Å². The van der Waals surface area contributed by atoms with E-state index in [1.165, 1.54) is 6.42 Å². The lowest BCUT2D eigenvalue weighted by Crippen LogP contribution is -2.44. The van der Waals surface area contributed by atoms with E-state index in [4.69, 9.17) is 0 Å². The fourth-order valence-electron chi connectivity index (χ4n) is 4.27. The predicted octanol–water partition coefficient (Wildman–Crippen LogP) is 5.00. The highest BCUT2D eigenvalue weighted by Crippen LogP contribution is 2.43. The molecule has 0 saturated heterocycles. The second-order valence-corrected chi connectivity index (χ2v) is 8.96. The van der Waals surface area contributed by atoms with E-state index in [0.29, 0.717) is 11.3 Å². The Kier molecular flexibility index (Phi) is 4.23. The molecule has 1 aliphatic rings. The first-order valence-electron chi connectivity index (χ1n) is 9.10. The van der Waals surface area contributed by atoms with Crippen molar-refractivity contribution in [1.82, 2.24) is 9.88 Å². The lowest BCUT2D eigenvalue weighted by Gasteiger charge is -2.28. The largest absolute Gasteiger partial charge is 0.347 e. The molecule has 3 heteroatoms. The van der Waals surface area contributed by atoms with Crippen molar-refractivity contribution in [3.8, 4) is 0 Å². The molecule has 1 amide bonds. The van der Waals surface area contributed by atoms with Gasteiger partial charge in [-0.25, -0.2) is 0 Å². The van der Waals surface area contributed by atoms with E-state index in [1.54, 1.807) is 0 Å². The summed E-state index contributed by atoms with van der Waals surface area (Å²) in [7, 11) is 0. The van der Waals surface area contributed by atoms with Gasteiger partial charge in [-0.05, 0) is 55.7 Å². The second-order valence-electron chi connectivity index (χ2n) is 8.96. The summed E-state index contributed by atoms with van der Waals surface area (Å²) in [5.74, 6) is 0.640. The molecule has 0 radical (unpaired) electrons. The van der Waals surface area contributed by atoms with E-state index in [9.17, 15) is 4.79 Å². The molecule has 130 valence electrons. The molecule has 1 atom stereocenters. The van der Waals surface area contributed by atoms with Crippen LogP contribution in [0.25, 0.3) is 10.9 Å². The Bertz CT molecular complexity index is 756. The third-order valence-corrected chi connectivity index (χ3v) is 5.26. The molecule has 1 saturated carbocycles. The van der Waals surface area contributed by atoms with Crippen LogP contribution in [0.3, 0.4) is 0 Å². The molecule has 3 nitrogen and oxygen atoms in total. The average molecular weight is 326 g/mol. The quantitative estimate of drug-likeness (QED) is 0.843. The van der Waals surface area contributed by atoms with E-state index < -0.39 is 0 Å². The standard InChI is InChI=1S/C21H30N2O/c1-15(2)13-23-12-9-16-17(7-6-8-18(16)23)19(24)22-21(5)11-10-20(3,4)14-21/h6-9,12,15H,10-11,13-14H2,1-5H3,(H,22,24). The summed E-state index contributed by atoms with van der Waals surface area (Å²) in [4.78, 5) is 12.9. The molecule has 1 aromatic carbocycles. The summed E-state index contributed by atoms with van der Waals surface area (Å²) in [6.45, 7) is 12.2. The number of aromatic nitrogens is 1. The van der Waals surface area contributed by atoms with Crippen LogP contribution in [0.1, 0.15) is 64.2 Å². The van der Waals surface area contributed by atoms with Gasteiger partial charge in [-0.3, -0.25) is 4.79 Å². The van der Waals surface area contributed by atoms with Gasteiger partial charge >= 0.3 is 0 Å². The first-order valence-corrected chi connectivity index (χ1v) is 9.10. The van der Waals surface area contributed by atoms with Crippen molar-refractivity contribution in [3.63, 3.8) is 0 Å². The van der Waals surface area contributed by atoms with Crippen molar-refractivity contribution in [3.05, 3.63) is 36.0 Å². The number of benzene rings is 1. The van der Waals surface area contributed by atoms with Crippen molar-refractivity contribution in [2.24, 2.45) is 11.3 Å². The number of rotatable bonds is 4. The van der Waals surface area contributed by atoms with Gasteiger partial charge in [-0.1, -0.05) is 33.8 Å². The molecular weight excluding hydrogens is 296 g/mol. The zero-order chi connectivity index (χ0) is 17.5. The van der Waals surface area contributed by atoms with Crippen molar-refractivity contribution in [2.75, 3.05) is 0 Å². The Labute approximate surface area is 145 Å². The molecule has 1 heterocycles. The number of hydrogen-bond acceptors (Lipinski definition) is 1. The van der Waals surface area contributed by atoms with E-state index in [-0.39, 0.29) is 11.4 Å². The fraction of sp³-hybridized carbons (Fsp3) is 0.571. The monoisotopic (exact) mass is 326 g/mol. The summed E-state index contributed by atoms with van der Waals surface area (Å²) in [5.41, 5.74) is 2.16. The molecule has 0 aliphatic heterocycles. The Morgan fingerprint density at radius 3 is 2.58 bits per heavy atom. The van der Waals surface area contributed by atoms with Gasteiger partial charge in [-0.2, -0.15) is 0 Å². The second kappa shape index (κ2) is 5.94. The number of carbonyl (C=O) groups is 1. The Morgan fingerprint density at radius 1 is 1.21 bits per heavy atom. The molecule has 24 heavy (non-hydrogen) atoms. The SMILES string of the molecule is CC(C)Cn1ccc2c(C(=O)NC3(C)CCC(C)(C)C3)cccc21. The van der Waals surface area contributed by atoms with Crippen LogP contribution in [0.2, 0.25) is 0 Å². The third kappa shape index (κ3) is 3.35. The van der Waals surface area contributed by atoms with Crippen molar-refractivity contribution >= 4 is 16.8 Å². The highest BCUT2D eigenvalue weighted by Gasteiger charge is 2.40. The van der Waals surface area contributed by atoms with Crippen LogP contribution in [0, 0.1) is 11.3 Å². The van der Waals surface area contributed by atoms with Crippen LogP contribution in [-0.4, -0.2) is 16.0 Å². The van der Waals surface area contributed by atoms with Crippen molar-refractivity contribution < 1.29 is 4.79 Å². The van der Waals surface area contributed by atoms with Crippen LogP contribution >= 0.6 is 0 Å². The van der Waals surface area contributed by atoms with Crippen LogP contribution in [0.5, 0.6) is 0 Å². The van der Waals surface area contributed by atoms with Gasteiger partial charge in [0.25, 0.3) is 5.91 Å². The van der Waals surface area contributed by atoms with Crippen LogP contribution in [0.15, 0.2) is 30.5 Å². The molecule has 0 spiro atoms. The first kappa shape index (κ1) is 17.1. The number of nitrogens with one attached hydrogen (secondary N) is 1. The van der Waals surface area contributed by atoms with Gasteiger partial charge < -0.3 is 9.88 Å². The molecular formula is C21H30N2O. The highest BCUT2D eigenvalue weighted by molar-refractivity contribution is 6.06. The number of fused-ring (bicyclic) bond motifs is 1. The molecule has 1 aromatic heterocycles. The third-order valence-electron chi connectivity index (χ3n) is 5.26. The maximum atomic E-state index is 12.9. The minimum Gasteiger partial charge on any atom is -0.347 e. The molecule has 0 bridgehead atoms. The minimum atomic E-state index is -0.0940. The van der Waals surface area contributed by atoms with Gasteiger partial charge in [0.2, 0.25) is 0 Å². The number of nitrogens with zero attached hydrogens (tertiary/aromatic N) is 1. The Balaban J connectivity index is 1.87. The van der Waals surface area contributed by atoms with E-state index in [2.05, 4.69) is 62.8 Å². The average Bonchev–Trinajstić information content (AvgIpc) is 2.99. The summed E-state index contributed by atoms with van der Waals surface area (Å²) < 4.78 is 2.25.